The Bertz CT molecular complexity index is 1330. The number of allylic oxidation sites excluding steroid dienone is 2. The van der Waals surface area contributed by atoms with Crippen LogP contribution in [0.15, 0.2) is 64.7 Å². The number of ether oxygens (including phenoxy) is 1. The SMILES string of the molecule is CC1=CC(OCc2ncccc2F)=C(Br)CN1c1cc(-c2nc(C(C)(C)O)ccc2C)ncc1C. The molecule has 1 aliphatic heterocycles. The monoisotopic (exact) mass is 538 g/mol. The van der Waals surface area contributed by atoms with Gasteiger partial charge in [-0.3, -0.25) is 9.97 Å². The molecule has 4 rings (SSSR count). The van der Waals surface area contributed by atoms with Crippen LogP contribution in [0, 0.1) is 19.7 Å². The van der Waals surface area contributed by atoms with Gasteiger partial charge in [-0.25, -0.2) is 9.37 Å². The minimum Gasteiger partial charge on any atom is -0.486 e. The number of aromatic nitrogens is 3. The lowest BCUT2D eigenvalue weighted by Crippen LogP contribution is -2.27. The summed E-state index contributed by atoms with van der Waals surface area (Å²) in [4.78, 5) is 15.6. The maximum atomic E-state index is 13.9. The fraction of sp³-hybridized carbons (Fsp3) is 0.296. The maximum absolute atomic E-state index is 13.9. The molecule has 3 aromatic rings. The van der Waals surface area contributed by atoms with E-state index in [9.17, 15) is 9.50 Å². The van der Waals surface area contributed by atoms with Crippen molar-refractivity contribution in [2.24, 2.45) is 0 Å². The van der Waals surface area contributed by atoms with Crippen LogP contribution >= 0.6 is 15.9 Å². The average molecular weight is 539 g/mol. The molecule has 0 unspecified atom stereocenters. The van der Waals surface area contributed by atoms with E-state index in [1.165, 1.54) is 6.07 Å². The summed E-state index contributed by atoms with van der Waals surface area (Å²) < 4.78 is 20.6. The van der Waals surface area contributed by atoms with Gasteiger partial charge in [0.2, 0.25) is 0 Å². The van der Waals surface area contributed by atoms with Gasteiger partial charge >= 0.3 is 0 Å². The van der Waals surface area contributed by atoms with Crippen molar-refractivity contribution in [3.8, 4) is 11.4 Å². The predicted molar refractivity (Wildman–Crippen MR) is 138 cm³/mol. The molecule has 182 valence electrons. The molecule has 1 N–H and O–H groups in total. The molecule has 0 aliphatic carbocycles. The third-order valence-electron chi connectivity index (χ3n) is 5.86. The Morgan fingerprint density at radius 2 is 1.91 bits per heavy atom. The molecule has 4 heterocycles. The minimum atomic E-state index is -1.05. The van der Waals surface area contributed by atoms with Gasteiger partial charge in [0.25, 0.3) is 0 Å². The molecule has 0 amide bonds. The lowest BCUT2D eigenvalue weighted by atomic mass is 10.0. The number of anilines is 1. The molecule has 0 spiro atoms. The summed E-state index contributed by atoms with van der Waals surface area (Å²) in [6, 6.07) is 8.74. The lowest BCUT2D eigenvalue weighted by Gasteiger charge is -2.31. The molecule has 0 radical (unpaired) electrons. The van der Waals surface area contributed by atoms with Gasteiger partial charge in [0.05, 0.1) is 28.1 Å². The zero-order valence-electron chi connectivity index (χ0n) is 20.4. The van der Waals surface area contributed by atoms with Gasteiger partial charge < -0.3 is 14.7 Å². The molecule has 3 aromatic heterocycles. The van der Waals surface area contributed by atoms with E-state index in [-0.39, 0.29) is 18.1 Å². The fourth-order valence-corrected chi connectivity index (χ4v) is 4.30. The second kappa shape index (κ2) is 9.87. The van der Waals surface area contributed by atoms with E-state index in [0.717, 1.165) is 38.4 Å². The highest BCUT2D eigenvalue weighted by Gasteiger charge is 2.23. The zero-order valence-corrected chi connectivity index (χ0v) is 22.0. The zero-order chi connectivity index (χ0) is 25.3. The Morgan fingerprint density at radius 3 is 2.63 bits per heavy atom. The molecule has 8 heteroatoms. The van der Waals surface area contributed by atoms with Crippen molar-refractivity contribution < 1.29 is 14.2 Å². The van der Waals surface area contributed by atoms with Crippen LogP contribution in [0.1, 0.15) is 43.3 Å². The second-order valence-corrected chi connectivity index (χ2v) is 10.1. The Morgan fingerprint density at radius 1 is 1.14 bits per heavy atom. The number of pyridine rings is 3. The van der Waals surface area contributed by atoms with E-state index in [2.05, 4.69) is 30.8 Å². The van der Waals surface area contributed by atoms with Gasteiger partial charge in [0.15, 0.2) is 0 Å². The van der Waals surface area contributed by atoms with Gasteiger partial charge in [-0.15, -0.1) is 0 Å². The summed E-state index contributed by atoms with van der Waals surface area (Å²) in [5, 5.41) is 10.4. The molecule has 6 nitrogen and oxygen atoms in total. The Balaban J connectivity index is 1.62. The molecule has 0 fully saturated rings. The minimum absolute atomic E-state index is 0.0435. The molecule has 1 aliphatic rings. The number of hydrogen-bond acceptors (Lipinski definition) is 6. The third kappa shape index (κ3) is 5.44. The first-order valence-electron chi connectivity index (χ1n) is 11.3. The first-order valence-corrected chi connectivity index (χ1v) is 12.1. The summed E-state index contributed by atoms with van der Waals surface area (Å²) in [5.41, 5.74) is 5.22. The topological polar surface area (TPSA) is 71.4 Å². The lowest BCUT2D eigenvalue weighted by molar-refractivity contribution is 0.0739. The van der Waals surface area contributed by atoms with Gasteiger partial charge in [-0.05, 0) is 85.9 Å². The Hall–Kier alpha value is -3.10. The first-order chi connectivity index (χ1) is 16.5. The van der Waals surface area contributed by atoms with Gasteiger partial charge in [-0.2, -0.15) is 0 Å². The third-order valence-corrected chi connectivity index (χ3v) is 6.50. The quantitative estimate of drug-likeness (QED) is 0.410. The van der Waals surface area contributed by atoms with E-state index >= 15 is 0 Å². The molecule has 0 aromatic carbocycles. The molecule has 0 saturated heterocycles. The van der Waals surface area contributed by atoms with E-state index in [4.69, 9.17) is 9.72 Å². The van der Waals surface area contributed by atoms with E-state index in [1.807, 2.05) is 51.2 Å². The standard InChI is InChI=1S/C27H28BrFN4O2/c1-16-8-9-25(27(4,5)34)32-26(16)21-12-23(17(2)13-31-21)33-14-19(28)24(11-18(33)3)35-15-22-20(29)7-6-10-30-22/h6-13,34H,14-15H2,1-5H3. The van der Waals surface area contributed by atoms with Crippen molar-refractivity contribution in [3.05, 3.63) is 93.1 Å². The highest BCUT2D eigenvalue weighted by molar-refractivity contribution is 9.11. The van der Waals surface area contributed by atoms with Crippen molar-refractivity contribution in [1.29, 1.82) is 0 Å². The molecule has 0 bridgehead atoms. The van der Waals surface area contributed by atoms with Crippen molar-refractivity contribution in [3.63, 3.8) is 0 Å². The van der Waals surface area contributed by atoms with E-state index in [0.29, 0.717) is 18.0 Å². The van der Waals surface area contributed by atoms with Crippen molar-refractivity contribution in [2.75, 3.05) is 11.4 Å². The number of halogens is 2. The maximum Gasteiger partial charge on any atom is 0.148 e. The average Bonchev–Trinajstić information content (AvgIpc) is 2.80. The number of nitrogens with zero attached hydrogens (tertiary/aromatic N) is 4. The summed E-state index contributed by atoms with van der Waals surface area (Å²) >= 11 is 3.64. The summed E-state index contributed by atoms with van der Waals surface area (Å²) in [5.74, 6) is 0.256. The summed E-state index contributed by atoms with van der Waals surface area (Å²) in [6.45, 7) is 10.0. The number of rotatable bonds is 6. The number of hydrogen-bond donors (Lipinski definition) is 1. The van der Waals surface area contributed by atoms with Crippen LogP contribution in [0.3, 0.4) is 0 Å². The number of aliphatic hydroxyl groups is 1. The Kier molecular flexibility index (Phi) is 7.05. The van der Waals surface area contributed by atoms with Crippen molar-refractivity contribution >= 4 is 21.6 Å². The van der Waals surface area contributed by atoms with Gasteiger partial charge in [0.1, 0.15) is 29.5 Å². The van der Waals surface area contributed by atoms with Crippen LogP contribution in [-0.4, -0.2) is 26.6 Å². The van der Waals surface area contributed by atoms with Gasteiger partial charge in [0, 0.05) is 29.9 Å². The molecular weight excluding hydrogens is 511 g/mol. The first kappa shape index (κ1) is 25.0. The predicted octanol–water partition coefficient (Wildman–Crippen LogP) is 6.07. The molecule has 35 heavy (non-hydrogen) atoms. The highest BCUT2D eigenvalue weighted by atomic mass is 79.9. The van der Waals surface area contributed by atoms with Crippen LogP contribution in [0.25, 0.3) is 11.4 Å². The van der Waals surface area contributed by atoms with Crippen LogP contribution in [0.2, 0.25) is 0 Å². The summed E-state index contributed by atoms with van der Waals surface area (Å²) in [7, 11) is 0. The van der Waals surface area contributed by atoms with Gasteiger partial charge in [-0.1, -0.05) is 6.07 Å². The molecule has 0 saturated carbocycles. The summed E-state index contributed by atoms with van der Waals surface area (Å²) in [6.07, 6.45) is 5.31. The largest absolute Gasteiger partial charge is 0.486 e. The number of aryl methyl sites for hydroxylation is 2. The van der Waals surface area contributed by atoms with Crippen molar-refractivity contribution in [2.45, 2.75) is 46.8 Å². The normalized spacial score (nSPS) is 14.3. The molecule has 0 atom stereocenters. The van der Waals surface area contributed by atoms with Crippen molar-refractivity contribution in [1.82, 2.24) is 15.0 Å². The Labute approximate surface area is 213 Å². The van der Waals surface area contributed by atoms with E-state index in [1.54, 1.807) is 26.1 Å². The van der Waals surface area contributed by atoms with Crippen LogP contribution in [-0.2, 0) is 16.9 Å². The smallest absolute Gasteiger partial charge is 0.148 e. The highest BCUT2D eigenvalue weighted by Crippen LogP contribution is 2.34. The van der Waals surface area contributed by atoms with Crippen LogP contribution in [0.5, 0.6) is 0 Å². The van der Waals surface area contributed by atoms with E-state index < -0.39 is 5.60 Å². The molecular formula is C27H28BrFN4O2. The second-order valence-electron chi connectivity index (χ2n) is 9.14. The fourth-order valence-electron chi connectivity index (χ4n) is 3.82. The van der Waals surface area contributed by atoms with Crippen LogP contribution in [0.4, 0.5) is 10.1 Å². The van der Waals surface area contributed by atoms with Crippen LogP contribution < -0.4 is 4.90 Å².